The van der Waals surface area contributed by atoms with Gasteiger partial charge in [-0.1, -0.05) is 101 Å². The fourth-order valence-corrected chi connectivity index (χ4v) is 7.35. The molecule has 10 heteroatoms. The number of hydrogen-bond donors (Lipinski definition) is 0. The number of carbonyl (C=O) groups excluding carboxylic acids is 1. The molecule has 0 amide bonds. The minimum atomic E-state index is -0.778. The molecule has 7 rings (SSSR count). The second kappa shape index (κ2) is 13.3. The number of halogens is 2. The van der Waals surface area contributed by atoms with Crippen molar-refractivity contribution in [2.45, 2.75) is 19.5 Å². The van der Waals surface area contributed by atoms with Gasteiger partial charge in [0.25, 0.3) is 5.56 Å². The Morgan fingerprint density at radius 3 is 2.44 bits per heavy atom. The maximum atomic E-state index is 14.4. The number of ether oxygens (including phenoxy) is 2. The fourth-order valence-electron chi connectivity index (χ4n) is 6.04. The van der Waals surface area contributed by atoms with Crippen molar-refractivity contribution >= 4 is 63.2 Å². The van der Waals surface area contributed by atoms with Crippen LogP contribution in [0.1, 0.15) is 35.2 Å². The van der Waals surface area contributed by atoms with Gasteiger partial charge in [0.1, 0.15) is 5.75 Å². The molecule has 6 aromatic rings. The van der Waals surface area contributed by atoms with Gasteiger partial charge in [-0.25, -0.2) is 9.79 Å². The second-order valence-electron chi connectivity index (χ2n) is 11.2. The molecular formula is C38H29Cl2N3O4S. The molecule has 48 heavy (non-hydrogen) atoms. The number of aromatic nitrogens is 2. The number of carbonyl (C=O) groups is 1. The van der Waals surface area contributed by atoms with E-state index < -0.39 is 12.0 Å². The first-order valence-electron chi connectivity index (χ1n) is 15.3. The van der Waals surface area contributed by atoms with Gasteiger partial charge in [-0.15, -0.1) is 0 Å². The largest absolute Gasteiger partial charge is 0.497 e. The highest BCUT2D eigenvalue weighted by Crippen LogP contribution is 2.36. The maximum Gasteiger partial charge on any atom is 0.338 e. The number of methoxy groups -OCH3 is 1. The van der Waals surface area contributed by atoms with E-state index >= 15 is 0 Å². The van der Waals surface area contributed by atoms with Crippen LogP contribution in [0.2, 0.25) is 10.0 Å². The van der Waals surface area contributed by atoms with Gasteiger partial charge in [0, 0.05) is 34.8 Å². The van der Waals surface area contributed by atoms with Crippen LogP contribution >= 0.6 is 34.5 Å². The molecule has 1 aliphatic heterocycles. The zero-order valence-electron chi connectivity index (χ0n) is 26.0. The van der Waals surface area contributed by atoms with E-state index in [1.165, 1.54) is 11.3 Å². The van der Waals surface area contributed by atoms with Crippen molar-refractivity contribution in [3.63, 3.8) is 0 Å². The van der Waals surface area contributed by atoms with Gasteiger partial charge in [0.2, 0.25) is 0 Å². The molecule has 0 radical (unpaired) electrons. The lowest BCUT2D eigenvalue weighted by Crippen LogP contribution is -2.40. The topological polar surface area (TPSA) is 74.8 Å². The Morgan fingerprint density at radius 1 is 0.958 bits per heavy atom. The molecule has 1 atom stereocenters. The predicted molar refractivity (Wildman–Crippen MR) is 192 cm³/mol. The van der Waals surface area contributed by atoms with Gasteiger partial charge in [-0.2, -0.15) is 0 Å². The first-order chi connectivity index (χ1) is 23.4. The quantitative estimate of drug-likeness (QED) is 0.157. The van der Waals surface area contributed by atoms with E-state index in [1.807, 2.05) is 103 Å². The van der Waals surface area contributed by atoms with Crippen molar-refractivity contribution in [1.82, 2.24) is 9.13 Å². The molecule has 4 aromatic carbocycles. The summed E-state index contributed by atoms with van der Waals surface area (Å²) in [6, 6.07) is 29.7. The third kappa shape index (κ3) is 5.87. The summed E-state index contributed by atoms with van der Waals surface area (Å²) in [5, 5.41) is 1.99. The zero-order chi connectivity index (χ0) is 33.4. The highest BCUT2D eigenvalue weighted by molar-refractivity contribution is 7.07. The number of esters is 1. The Hall–Kier alpha value is -4.89. The average molecular weight is 695 g/mol. The molecule has 7 nitrogen and oxygen atoms in total. The van der Waals surface area contributed by atoms with Crippen molar-refractivity contribution in [1.29, 1.82) is 0 Å². The lowest BCUT2D eigenvalue weighted by molar-refractivity contribution is -0.138. The van der Waals surface area contributed by atoms with Gasteiger partial charge in [-0.05, 0) is 54.5 Å². The Bertz CT molecular complexity index is 2390. The van der Waals surface area contributed by atoms with Gasteiger partial charge < -0.3 is 14.0 Å². The summed E-state index contributed by atoms with van der Waals surface area (Å²) in [7, 11) is 1.59. The standard InChI is InChI=1S/C38H29Cl2N3O4S/c1-3-47-37(45)33-34(24-9-5-4-6-10-24)41-38-43(35(33)25-14-16-27(46-2)17-15-25)36(44)32(48-38)20-26-22-42(31-12-8-7-11-28(26)31)21-23-13-18-29(39)30(40)19-23/h4-20,22,35H,3,21H2,1-2H3/b32-20+/t35-/m1/s1. The molecule has 3 heterocycles. The summed E-state index contributed by atoms with van der Waals surface area (Å²) in [5.41, 5.74) is 4.88. The minimum absolute atomic E-state index is 0.177. The molecule has 0 bridgehead atoms. The van der Waals surface area contributed by atoms with Crippen molar-refractivity contribution in [3.05, 3.63) is 161 Å². The van der Waals surface area contributed by atoms with Crippen LogP contribution in [-0.4, -0.2) is 28.8 Å². The molecule has 1 aliphatic rings. The minimum Gasteiger partial charge on any atom is -0.497 e. The fraction of sp³-hybridized carbons (Fsp3) is 0.132. The highest BCUT2D eigenvalue weighted by atomic mass is 35.5. The van der Waals surface area contributed by atoms with E-state index in [-0.39, 0.29) is 12.2 Å². The van der Waals surface area contributed by atoms with Crippen LogP contribution in [0.3, 0.4) is 0 Å². The molecule has 0 saturated heterocycles. The molecular weight excluding hydrogens is 665 g/mol. The molecule has 0 spiro atoms. The summed E-state index contributed by atoms with van der Waals surface area (Å²) in [4.78, 5) is 33.6. The van der Waals surface area contributed by atoms with Crippen molar-refractivity contribution in [2.75, 3.05) is 13.7 Å². The number of benzene rings is 4. The van der Waals surface area contributed by atoms with E-state index in [0.717, 1.165) is 33.2 Å². The van der Waals surface area contributed by atoms with E-state index in [2.05, 4.69) is 4.57 Å². The van der Waals surface area contributed by atoms with Crippen LogP contribution < -0.4 is 19.6 Å². The summed E-state index contributed by atoms with van der Waals surface area (Å²) < 4.78 is 15.2. The number of fused-ring (bicyclic) bond motifs is 2. The van der Waals surface area contributed by atoms with E-state index in [4.69, 9.17) is 37.7 Å². The second-order valence-corrected chi connectivity index (χ2v) is 13.0. The Kier molecular flexibility index (Phi) is 8.79. The monoisotopic (exact) mass is 693 g/mol. The number of para-hydroxylation sites is 1. The van der Waals surface area contributed by atoms with Gasteiger partial charge in [-0.3, -0.25) is 9.36 Å². The average Bonchev–Trinajstić information content (AvgIpc) is 3.62. The molecule has 0 fully saturated rings. The molecule has 0 N–H and O–H groups in total. The zero-order valence-corrected chi connectivity index (χ0v) is 28.4. The normalized spacial score (nSPS) is 14.6. The third-order valence-corrected chi connectivity index (χ3v) is 9.97. The Balaban J connectivity index is 1.43. The molecule has 0 aliphatic carbocycles. The SMILES string of the molecule is CCOC(=O)C1=C(c2ccccc2)N=c2s/c(=C/c3cn(Cc4ccc(Cl)c(Cl)c4)c4ccccc34)c(=O)n2[C@@H]1c1ccc(OC)cc1. The van der Waals surface area contributed by atoms with E-state index in [0.29, 0.717) is 42.9 Å². The summed E-state index contributed by atoms with van der Waals surface area (Å²) >= 11 is 13.8. The Labute approximate surface area is 290 Å². The third-order valence-electron chi connectivity index (χ3n) is 8.25. The maximum absolute atomic E-state index is 14.4. The van der Waals surface area contributed by atoms with Crippen LogP contribution in [0.4, 0.5) is 0 Å². The lowest BCUT2D eigenvalue weighted by Gasteiger charge is -2.26. The summed E-state index contributed by atoms with van der Waals surface area (Å²) in [6.07, 6.45) is 3.94. The van der Waals surface area contributed by atoms with Crippen LogP contribution in [0.5, 0.6) is 5.75 Å². The number of nitrogens with zero attached hydrogens (tertiary/aromatic N) is 3. The summed E-state index contributed by atoms with van der Waals surface area (Å²) in [6.45, 7) is 2.50. The van der Waals surface area contributed by atoms with Crippen LogP contribution in [0, 0.1) is 0 Å². The van der Waals surface area contributed by atoms with Crippen LogP contribution in [0.25, 0.3) is 22.7 Å². The number of thiazole rings is 1. The lowest BCUT2D eigenvalue weighted by atomic mass is 9.93. The van der Waals surface area contributed by atoms with Crippen LogP contribution in [-0.2, 0) is 16.1 Å². The molecule has 0 saturated carbocycles. The molecule has 2 aromatic heterocycles. The van der Waals surface area contributed by atoms with Gasteiger partial charge in [0.15, 0.2) is 4.80 Å². The smallest absolute Gasteiger partial charge is 0.338 e. The first kappa shape index (κ1) is 31.7. The van der Waals surface area contributed by atoms with E-state index in [1.54, 1.807) is 24.7 Å². The first-order valence-corrected chi connectivity index (χ1v) is 16.9. The Morgan fingerprint density at radius 2 is 1.71 bits per heavy atom. The van der Waals surface area contributed by atoms with Crippen molar-refractivity contribution in [2.24, 2.45) is 4.99 Å². The molecule has 240 valence electrons. The van der Waals surface area contributed by atoms with E-state index in [9.17, 15) is 9.59 Å². The highest BCUT2D eigenvalue weighted by Gasteiger charge is 2.35. The van der Waals surface area contributed by atoms with Crippen molar-refractivity contribution in [3.8, 4) is 5.75 Å². The van der Waals surface area contributed by atoms with Crippen molar-refractivity contribution < 1.29 is 14.3 Å². The van der Waals surface area contributed by atoms with Gasteiger partial charge >= 0.3 is 5.97 Å². The van der Waals surface area contributed by atoms with Gasteiger partial charge in [0.05, 0.1) is 45.6 Å². The number of hydrogen-bond acceptors (Lipinski definition) is 6. The predicted octanol–water partition coefficient (Wildman–Crippen LogP) is 7.25. The summed E-state index contributed by atoms with van der Waals surface area (Å²) in [5.74, 6) is 0.133. The number of rotatable bonds is 8. The van der Waals surface area contributed by atoms with Crippen LogP contribution in [0.15, 0.2) is 119 Å². The molecule has 0 unspecified atom stereocenters.